The van der Waals surface area contributed by atoms with Gasteiger partial charge in [-0.15, -0.1) is 0 Å². The number of hydrogen-bond donors (Lipinski definition) is 2. The number of carbonyl (C=O) groups excluding carboxylic acids is 2. The van der Waals surface area contributed by atoms with Gasteiger partial charge in [0.2, 0.25) is 0 Å². The molecule has 6 nitrogen and oxygen atoms in total. The molecule has 0 bridgehead atoms. The van der Waals surface area contributed by atoms with E-state index in [-0.39, 0.29) is 12.6 Å². The average Bonchev–Trinajstić information content (AvgIpc) is 2.77. The lowest BCUT2D eigenvalue weighted by molar-refractivity contribution is -0.139. The van der Waals surface area contributed by atoms with Crippen LogP contribution >= 0.6 is 0 Å². The lowest BCUT2D eigenvalue weighted by atomic mass is 10.1. The molecule has 0 aromatic heterocycles. The Labute approximate surface area is 187 Å². The van der Waals surface area contributed by atoms with Crippen LogP contribution in [-0.2, 0) is 27.4 Å². The third-order valence-electron chi connectivity index (χ3n) is 4.80. The Morgan fingerprint density at radius 1 is 0.938 bits per heavy atom. The van der Waals surface area contributed by atoms with Crippen molar-refractivity contribution in [3.8, 4) is 5.75 Å². The van der Waals surface area contributed by atoms with Crippen molar-refractivity contribution < 1.29 is 19.1 Å². The van der Waals surface area contributed by atoms with Crippen molar-refractivity contribution in [2.24, 2.45) is 0 Å². The van der Waals surface area contributed by atoms with E-state index < -0.39 is 5.97 Å². The molecule has 0 radical (unpaired) electrons. The fraction of sp³-hybridized carbons (Fsp3) is 0.154. The standard InChI is InChI=1S/C26H26N2O4/c1-18-2-4-19(5-3-18)9-15-26(30)32-23-12-6-20(7-13-23)8-14-25(29)31-17-21-10-11-22(27)16-24(21)28/h2-8,10-14,16H,9,15,17,27-28H2,1H3/b14-8+. The molecule has 0 aliphatic rings. The van der Waals surface area contributed by atoms with Gasteiger partial charge in [0.1, 0.15) is 12.4 Å². The molecular weight excluding hydrogens is 404 g/mol. The van der Waals surface area contributed by atoms with Crippen molar-refractivity contribution in [3.63, 3.8) is 0 Å². The summed E-state index contributed by atoms with van der Waals surface area (Å²) in [5.74, 6) is -0.329. The SMILES string of the molecule is Cc1ccc(CCC(=O)Oc2ccc(/C=C/C(=O)OCc3ccc(N)cc3N)cc2)cc1. The number of benzene rings is 3. The monoisotopic (exact) mass is 430 g/mol. The van der Waals surface area contributed by atoms with Gasteiger partial charge in [0.15, 0.2) is 0 Å². The van der Waals surface area contributed by atoms with Gasteiger partial charge in [0, 0.05) is 29.4 Å². The van der Waals surface area contributed by atoms with Gasteiger partial charge in [-0.3, -0.25) is 4.79 Å². The van der Waals surface area contributed by atoms with E-state index >= 15 is 0 Å². The zero-order chi connectivity index (χ0) is 22.9. The van der Waals surface area contributed by atoms with E-state index in [2.05, 4.69) is 0 Å². The molecule has 4 N–H and O–H groups in total. The van der Waals surface area contributed by atoms with Crippen LogP contribution < -0.4 is 16.2 Å². The van der Waals surface area contributed by atoms with Crippen molar-refractivity contribution in [2.75, 3.05) is 11.5 Å². The number of aryl methyl sites for hydroxylation is 2. The highest BCUT2D eigenvalue weighted by Gasteiger charge is 2.06. The van der Waals surface area contributed by atoms with Gasteiger partial charge in [-0.1, -0.05) is 48.0 Å². The van der Waals surface area contributed by atoms with Crippen LogP contribution in [0.3, 0.4) is 0 Å². The second kappa shape index (κ2) is 10.8. The predicted molar refractivity (Wildman–Crippen MR) is 126 cm³/mol. The molecule has 0 heterocycles. The number of nitrogens with two attached hydrogens (primary N) is 2. The number of nitrogen functional groups attached to an aromatic ring is 2. The first kappa shape index (κ1) is 22.6. The Bertz CT molecular complexity index is 1100. The van der Waals surface area contributed by atoms with Crippen molar-refractivity contribution in [1.29, 1.82) is 0 Å². The van der Waals surface area contributed by atoms with Gasteiger partial charge >= 0.3 is 11.9 Å². The molecule has 6 heteroatoms. The van der Waals surface area contributed by atoms with Gasteiger partial charge in [0.25, 0.3) is 0 Å². The summed E-state index contributed by atoms with van der Waals surface area (Å²) in [6, 6.07) is 20.0. The summed E-state index contributed by atoms with van der Waals surface area (Å²) in [5.41, 5.74) is 16.3. The quantitative estimate of drug-likeness (QED) is 0.237. The van der Waals surface area contributed by atoms with Gasteiger partial charge in [-0.25, -0.2) is 4.79 Å². The highest BCUT2D eigenvalue weighted by atomic mass is 16.5. The van der Waals surface area contributed by atoms with Gasteiger partial charge in [-0.2, -0.15) is 0 Å². The highest BCUT2D eigenvalue weighted by Crippen LogP contribution is 2.17. The summed E-state index contributed by atoms with van der Waals surface area (Å²) in [5, 5.41) is 0. The fourth-order valence-corrected chi connectivity index (χ4v) is 2.94. The average molecular weight is 431 g/mol. The molecule has 32 heavy (non-hydrogen) atoms. The molecule has 0 amide bonds. The first-order chi connectivity index (χ1) is 15.4. The maximum atomic E-state index is 12.1. The topological polar surface area (TPSA) is 105 Å². The van der Waals surface area contributed by atoms with Crippen LogP contribution in [0.4, 0.5) is 11.4 Å². The van der Waals surface area contributed by atoms with E-state index in [1.54, 1.807) is 48.5 Å². The fourth-order valence-electron chi connectivity index (χ4n) is 2.94. The Hall–Kier alpha value is -4.06. The van der Waals surface area contributed by atoms with E-state index in [1.807, 2.05) is 31.2 Å². The number of anilines is 2. The lowest BCUT2D eigenvalue weighted by Crippen LogP contribution is -2.09. The summed E-state index contributed by atoms with van der Waals surface area (Å²) in [7, 11) is 0. The summed E-state index contributed by atoms with van der Waals surface area (Å²) in [6.07, 6.45) is 3.88. The van der Waals surface area contributed by atoms with Crippen LogP contribution in [-0.4, -0.2) is 11.9 Å². The number of carbonyl (C=O) groups is 2. The van der Waals surface area contributed by atoms with Crippen LogP contribution in [0.2, 0.25) is 0 Å². The Morgan fingerprint density at radius 3 is 2.34 bits per heavy atom. The van der Waals surface area contributed by atoms with Crippen LogP contribution in [0.5, 0.6) is 5.75 Å². The minimum Gasteiger partial charge on any atom is -0.458 e. The van der Waals surface area contributed by atoms with E-state index in [1.165, 1.54) is 11.6 Å². The summed E-state index contributed by atoms with van der Waals surface area (Å²) in [4.78, 5) is 24.0. The summed E-state index contributed by atoms with van der Waals surface area (Å²) < 4.78 is 10.6. The van der Waals surface area contributed by atoms with E-state index in [0.717, 1.165) is 11.1 Å². The van der Waals surface area contributed by atoms with E-state index in [4.69, 9.17) is 20.9 Å². The van der Waals surface area contributed by atoms with E-state index in [9.17, 15) is 9.59 Å². The first-order valence-corrected chi connectivity index (χ1v) is 10.2. The normalized spacial score (nSPS) is 10.8. The molecule has 3 aromatic carbocycles. The minimum atomic E-state index is -0.493. The highest BCUT2D eigenvalue weighted by molar-refractivity contribution is 5.87. The molecule has 0 fully saturated rings. The van der Waals surface area contributed by atoms with Gasteiger partial charge in [0.05, 0.1) is 0 Å². The number of esters is 2. The van der Waals surface area contributed by atoms with Crippen molar-refractivity contribution in [1.82, 2.24) is 0 Å². The third kappa shape index (κ3) is 7.02. The van der Waals surface area contributed by atoms with Gasteiger partial charge in [-0.05, 0) is 54.8 Å². The van der Waals surface area contributed by atoms with Crippen molar-refractivity contribution in [3.05, 3.63) is 95.1 Å². The molecular formula is C26H26N2O4. The second-order valence-corrected chi connectivity index (χ2v) is 7.43. The molecule has 0 unspecified atom stereocenters. The molecule has 0 saturated heterocycles. The molecule has 0 aliphatic heterocycles. The molecule has 164 valence electrons. The Morgan fingerprint density at radius 2 is 1.66 bits per heavy atom. The largest absolute Gasteiger partial charge is 0.458 e. The number of rotatable bonds is 8. The number of ether oxygens (including phenoxy) is 2. The molecule has 0 saturated carbocycles. The summed E-state index contributed by atoms with van der Waals surface area (Å²) >= 11 is 0. The van der Waals surface area contributed by atoms with Crippen LogP contribution in [0.1, 0.15) is 28.7 Å². The minimum absolute atomic E-state index is 0.0623. The lowest BCUT2D eigenvalue weighted by Gasteiger charge is -2.06. The molecule has 0 aliphatic carbocycles. The first-order valence-electron chi connectivity index (χ1n) is 10.2. The van der Waals surface area contributed by atoms with Crippen LogP contribution in [0.15, 0.2) is 72.8 Å². The van der Waals surface area contributed by atoms with Crippen molar-refractivity contribution in [2.45, 2.75) is 26.4 Å². The molecule has 0 spiro atoms. The molecule has 0 atom stereocenters. The van der Waals surface area contributed by atoms with Crippen LogP contribution in [0.25, 0.3) is 6.08 Å². The Balaban J connectivity index is 1.44. The van der Waals surface area contributed by atoms with Crippen molar-refractivity contribution >= 4 is 29.4 Å². The second-order valence-electron chi connectivity index (χ2n) is 7.43. The summed E-state index contributed by atoms with van der Waals surface area (Å²) in [6.45, 7) is 2.09. The smallest absolute Gasteiger partial charge is 0.331 e. The Kier molecular flexibility index (Phi) is 7.65. The maximum absolute atomic E-state index is 12.1. The maximum Gasteiger partial charge on any atom is 0.331 e. The van der Waals surface area contributed by atoms with Crippen LogP contribution in [0, 0.1) is 6.92 Å². The predicted octanol–water partition coefficient (Wildman–Crippen LogP) is 4.45. The zero-order valence-electron chi connectivity index (χ0n) is 17.9. The van der Waals surface area contributed by atoms with Gasteiger partial charge < -0.3 is 20.9 Å². The molecule has 3 aromatic rings. The third-order valence-corrected chi connectivity index (χ3v) is 4.80. The zero-order valence-corrected chi connectivity index (χ0v) is 17.9. The number of hydrogen-bond acceptors (Lipinski definition) is 6. The van der Waals surface area contributed by atoms with E-state index in [0.29, 0.717) is 35.5 Å². The molecule has 3 rings (SSSR count).